The quantitative estimate of drug-likeness (QED) is 0.585. The van der Waals surface area contributed by atoms with Gasteiger partial charge in [-0.1, -0.05) is 36.4 Å². The maximum Gasteiger partial charge on any atom is 0.449 e. The monoisotopic (exact) mass is 480 g/mol. The van der Waals surface area contributed by atoms with Crippen LogP contribution in [0.4, 0.5) is 13.2 Å². The molecular formula is C22H23F3N4O3S. The van der Waals surface area contributed by atoms with E-state index in [0.29, 0.717) is 18.4 Å². The van der Waals surface area contributed by atoms with Crippen LogP contribution in [0.1, 0.15) is 35.8 Å². The number of rotatable bonds is 5. The second-order valence-corrected chi connectivity index (χ2v) is 10.1. The minimum atomic E-state index is -4.59. The van der Waals surface area contributed by atoms with E-state index >= 15 is 0 Å². The number of aromatic amines is 1. The number of aromatic nitrogens is 2. The van der Waals surface area contributed by atoms with Crippen molar-refractivity contribution < 1.29 is 26.4 Å². The van der Waals surface area contributed by atoms with Gasteiger partial charge in [0.2, 0.25) is 21.8 Å². The van der Waals surface area contributed by atoms with E-state index in [1.54, 1.807) is 12.1 Å². The molecule has 7 nitrogen and oxygen atoms in total. The summed E-state index contributed by atoms with van der Waals surface area (Å²) < 4.78 is 63.9. The van der Waals surface area contributed by atoms with Gasteiger partial charge in [-0.05, 0) is 36.1 Å². The number of imidazole rings is 1. The molecule has 3 aromatic rings. The Morgan fingerprint density at radius 1 is 1.12 bits per heavy atom. The highest BCUT2D eigenvalue weighted by atomic mass is 32.2. The fourth-order valence-corrected chi connectivity index (χ4v) is 4.93. The molecule has 0 saturated carbocycles. The van der Waals surface area contributed by atoms with Crippen molar-refractivity contribution in [1.82, 2.24) is 19.6 Å². The first-order valence-corrected chi connectivity index (χ1v) is 12.2. The molecule has 11 heteroatoms. The summed E-state index contributed by atoms with van der Waals surface area (Å²) in [6, 6.07) is 13.2. The van der Waals surface area contributed by atoms with E-state index in [-0.39, 0.29) is 35.9 Å². The number of amides is 1. The molecular weight excluding hydrogens is 457 g/mol. The summed E-state index contributed by atoms with van der Waals surface area (Å²) in [5.74, 6) is -1.66. The molecule has 176 valence electrons. The normalized spacial score (nSPS) is 17.2. The summed E-state index contributed by atoms with van der Waals surface area (Å²) in [6.45, 7) is 0.542. The Bertz CT molecular complexity index is 1250. The Kier molecular flexibility index (Phi) is 6.19. The van der Waals surface area contributed by atoms with Crippen molar-refractivity contribution >= 4 is 27.0 Å². The van der Waals surface area contributed by atoms with E-state index in [0.717, 1.165) is 11.8 Å². The maximum atomic E-state index is 13.1. The number of alkyl halides is 3. The molecule has 4 rings (SSSR count). The highest BCUT2D eigenvalue weighted by molar-refractivity contribution is 7.88. The van der Waals surface area contributed by atoms with Crippen molar-refractivity contribution in [2.75, 3.05) is 19.3 Å². The van der Waals surface area contributed by atoms with Crippen molar-refractivity contribution in [2.24, 2.45) is 5.92 Å². The molecule has 0 radical (unpaired) electrons. The first kappa shape index (κ1) is 23.2. The van der Waals surface area contributed by atoms with Crippen molar-refractivity contribution in [2.45, 2.75) is 25.1 Å². The number of nitrogens with one attached hydrogen (secondary N) is 2. The number of hydrogen-bond donors (Lipinski definition) is 2. The van der Waals surface area contributed by atoms with Gasteiger partial charge < -0.3 is 10.3 Å². The second-order valence-electron chi connectivity index (χ2n) is 8.15. The molecule has 0 aliphatic carbocycles. The molecule has 0 unspecified atom stereocenters. The van der Waals surface area contributed by atoms with Crippen LogP contribution in [0.2, 0.25) is 0 Å². The summed E-state index contributed by atoms with van der Waals surface area (Å²) in [4.78, 5) is 19.0. The van der Waals surface area contributed by atoms with Crippen molar-refractivity contribution in [3.8, 4) is 0 Å². The minimum absolute atomic E-state index is 0.178. The predicted octanol–water partition coefficient (Wildman–Crippen LogP) is 3.46. The molecule has 1 aliphatic heterocycles. The van der Waals surface area contributed by atoms with Crippen LogP contribution >= 0.6 is 0 Å². The van der Waals surface area contributed by atoms with Gasteiger partial charge in [0.1, 0.15) is 0 Å². The lowest BCUT2D eigenvalue weighted by Crippen LogP contribution is -2.43. The van der Waals surface area contributed by atoms with E-state index in [2.05, 4.69) is 15.3 Å². The predicted molar refractivity (Wildman–Crippen MR) is 117 cm³/mol. The number of carbonyl (C=O) groups is 1. The van der Waals surface area contributed by atoms with Crippen LogP contribution in [-0.2, 0) is 21.0 Å². The lowest BCUT2D eigenvalue weighted by Gasteiger charge is -2.30. The van der Waals surface area contributed by atoms with E-state index in [1.165, 1.54) is 10.4 Å². The van der Waals surface area contributed by atoms with E-state index < -0.39 is 28.1 Å². The van der Waals surface area contributed by atoms with Crippen LogP contribution in [0.3, 0.4) is 0 Å². The smallest absolute Gasteiger partial charge is 0.345 e. The molecule has 0 spiro atoms. The zero-order valence-electron chi connectivity index (χ0n) is 17.8. The molecule has 2 heterocycles. The van der Waals surface area contributed by atoms with Gasteiger partial charge in [-0.15, -0.1) is 0 Å². The number of sulfonamides is 1. The van der Waals surface area contributed by atoms with Crippen LogP contribution in [0, 0.1) is 5.92 Å². The van der Waals surface area contributed by atoms with Crippen molar-refractivity contribution in [3.63, 3.8) is 0 Å². The molecule has 1 fully saturated rings. The first-order chi connectivity index (χ1) is 15.5. The van der Waals surface area contributed by atoms with Crippen LogP contribution in [0.15, 0.2) is 48.5 Å². The molecule has 0 bridgehead atoms. The number of fused-ring (bicyclic) bond motifs is 1. The summed E-state index contributed by atoms with van der Waals surface area (Å²) >= 11 is 0. The third-order valence-electron chi connectivity index (χ3n) is 5.82. The molecule has 1 aliphatic rings. The van der Waals surface area contributed by atoms with Gasteiger partial charge in [-0.3, -0.25) is 4.79 Å². The Hall–Kier alpha value is -2.92. The van der Waals surface area contributed by atoms with Gasteiger partial charge >= 0.3 is 6.18 Å². The van der Waals surface area contributed by atoms with Crippen molar-refractivity contribution in [3.05, 3.63) is 65.5 Å². The van der Waals surface area contributed by atoms with Crippen LogP contribution in [0.25, 0.3) is 11.0 Å². The standard InChI is InChI=1S/C22H23F3N4O3S/c1-33(31,32)29-11-9-15(10-12-29)20(30)28-19(14-5-3-2-4-6-14)16-7-8-17-18(13-16)27-21(26-17)22(23,24)25/h2-8,13,15,19H,9-12H2,1H3,(H,26,27)(H,28,30)/t19-/m1/s1. The van der Waals surface area contributed by atoms with E-state index in [4.69, 9.17) is 0 Å². The summed E-state index contributed by atoms with van der Waals surface area (Å²) in [7, 11) is -3.30. The van der Waals surface area contributed by atoms with Gasteiger partial charge in [0.15, 0.2) is 0 Å². The number of hydrogen-bond acceptors (Lipinski definition) is 4. The van der Waals surface area contributed by atoms with Gasteiger partial charge in [-0.25, -0.2) is 17.7 Å². The van der Waals surface area contributed by atoms with E-state index in [9.17, 15) is 26.4 Å². The molecule has 2 aromatic carbocycles. The van der Waals surface area contributed by atoms with Gasteiger partial charge in [0.25, 0.3) is 0 Å². The van der Waals surface area contributed by atoms with Gasteiger partial charge in [0, 0.05) is 19.0 Å². The number of benzene rings is 2. The van der Waals surface area contributed by atoms with Crippen LogP contribution in [-0.4, -0.2) is 47.9 Å². The number of carbonyl (C=O) groups excluding carboxylic acids is 1. The average Bonchev–Trinajstić information content (AvgIpc) is 3.21. The fraction of sp³-hybridized carbons (Fsp3) is 0.364. The number of H-pyrrole nitrogens is 1. The van der Waals surface area contributed by atoms with E-state index in [1.807, 2.05) is 30.3 Å². The molecule has 1 atom stereocenters. The number of nitrogens with zero attached hydrogens (tertiary/aromatic N) is 2. The van der Waals surface area contributed by atoms with Gasteiger partial charge in [0.05, 0.1) is 23.3 Å². The average molecular weight is 481 g/mol. The molecule has 1 aromatic heterocycles. The van der Waals surface area contributed by atoms with Gasteiger partial charge in [-0.2, -0.15) is 13.2 Å². The molecule has 1 saturated heterocycles. The lowest BCUT2D eigenvalue weighted by molar-refractivity contribution is -0.144. The third-order valence-corrected chi connectivity index (χ3v) is 7.12. The maximum absolute atomic E-state index is 13.1. The molecule has 1 amide bonds. The minimum Gasteiger partial charge on any atom is -0.345 e. The Balaban J connectivity index is 1.60. The zero-order valence-corrected chi connectivity index (χ0v) is 18.6. The Morgan fingerprint density at radius 3 is 2.39 bits per heavy atom. The number of piperidine rings is 1. The highest BCUT2D eigenvalue weighted by Crippen LogP contribution is 2.31. The third kappa shape index (κ3) is 5.19. The topological polar surface area (TPSA) is 95.2 Å². The first-order valence-electron chi connectivity index (χ1n) is 10.4. The SMILES string of the molecule is CS(=O)(=O)N1CCC(C(=O)N[C@H](c2ccccc2)c2ccc3nc(C(F)(F)F)[nH]c3c2)CC1. The Morgan fingerprint density at radius 2 is 1.79 bits per heavy atom. The second kappa shape index (κ2) is 8.79. The van der Waals surface area contributed by atoms with Crippen LogP contribution in [0.5, 0.6) is 0 Å². The zero-order chi connectivity index (χ0) is 23.8. The van der Waals surface area contributed by atoms with Crippen LogP contribution < -0.4 is 5.32 Å². The Labute approximate surface area is 189 Å². The highest BCUT2D eigenvalue weighted by Gasteiger charge is 2.35. The largest absolute Gasteiger partial charge is 0.449 e. The summed E-state index contributed by atoms with van der Waals surface area (Å²) in [6.07, 6.45) is -2.65. The fourth-order valence-electron chi connectivity index (χ4n) is 4.06. The molecule has 2 N–H and O–H groups in total. The summed E-state index contributed by atoms with van der Waals surface area (Å²) in [5, 5.41) is 3.01. The lowest BCUT2D eigenvalue weighted by atomic mass is 9.94. The summed E-state index contributed by atoms with van der Waals surface area (Å²) in [5.41, 5.74) is 1.77. The van der Waals surface area contributed by atoms with Crippen molar-refractivity contribution in [1.29, 1.82) is 0 Å². The molecule has 33 heavy (non-hydrogen) atoms. The number of halogens is 3.